The summed E-state index contributed by atoms with van der Waals surface area (Å²) in [6, 6.07) is 26.8. The maximum atomic E-state index is 10.6. The third-order valence-corrected chi connectivity index (χ3v) is 5.78. The Kier molecular flexibility index (Phi) is 7.78. The number of hydrogen-bond donors (Lipinski definition) is 4. The maximum absolute atomic E-state index is 10.6. The number of fused-ring (bicyclic) bond motifs is 1. The van der Waals surface area contributed by atoms with Crippen LogP contribution in [-0.4, -0.2) is 37.4 Å². The summed E-state index contributed by atoms with van der Waals surface area (Å²) in [5.74, 6) is -2.69. The van der Waals surface area contributed by atoms with Gasteiger partial charge in [0, 0.05) is 29.4 Å². The Labute approximate surface area is 220 Å². The first-order chi connectivity index (χ1) is 18.6. The zero-order valence-corrected chi connectivity index (χ0v) is 20.2. The molecule has 0 saturated carbocycles. The molecule has 2 aromatic heterocycles. The van der Waals surface area contributed by atoms with Gasteiger partial charge in [-0.2, -0.15) is 13.2 Å². The maximum Gasteiger partial charge on any atom is 0.490 e. The van der Waals surface area contributed by atoms with Crippen LogP contribution in [0.2, 0.25) is 0 Å². The Hall–Kier alpha value is -4.96. The van der Waals surface area contributed by atoms with Crippen LogP contribution in [0.3, 0.4) is 0 Å². The van der Waals surface area contributed by atoms with Crippen LogP contribution in [0.5, 0.6) is 11.6 Å². The number of benzene rings is 3. The monoisotopic (exact) mass is 533 g/mol. The zero-order valence-electron chi connectivity index (χ0n) is 20.2. The van der Waals surface area contributed by atoms with E-state index in [4.69, 9.17) is 20.6 Å². The van der Waals surface area contributed by atoms with Crippen LogP contribution >= 0.6 is 0 Å². The highest BCUT2D eigenvalue weighted by Gasteiger charge is 2.38. The summed E-state index contributed by atoms with van der Waals surface area (Å²) in [5.41, 5.74) is 12.5. The third kappa shape index (κ3) is 6.13. The molecule has 0 aliphatic rings. The molecule has 5 rings (SSSR count). The topological polar surface area (TPSA) is 130 Å². The van der Waals surface area contributed by atoms with E-state index in [1.165, 1.54) is 0 Å². The van der Waals surface area contributed by atoms with Crippen molar-refractivity contribution in [3.63, 3.8) is 0 Å². The van der Waals surface area contributed by atoms with E-state index >= 15 is 0 Å². The van der Waals surface area contributed by atoms with Crippen molar-refractivity contribution in [2.24, 2.45) is 5.73 Å². The zero-order chi connectivity index (χ0) is 28.2. The first kappa shape index (κ1) is 27.1. The molecule has 0 atom stereocenters. The van der Waals surface area contributed by atoms with Gasteiger partial charge in [0.2, 0.25) is 5.88 Å². The number of aliphatic carboxylic acids is 1. The second-order valence-electron chi connectivity index (χ2n) is 8.40. The Morgan fingerprint density at radius 1 is 0.821 bits per heavy atom. The van der Waals surface area contributed by atoms with Crippen molar-refractivity contribution in [1.82, 2.24) is 9.97 Å². The first-order valence-corrected chi connectivity index (χ1v) is 11.6. The van der Waals surface area contributed by atoms with E-state index in [-0.39, 0.29) is 11.6 Å². The van der Waals surface area contributed by atoms with Gasteiger partial charge in [0.25, 0.3) is 0 Å². The molecule has 0 saturated heterocycles. The van der Waals surface area contributed by atoms with Gasteiger partial charge in [-0.05, 0) is 34.9 Å². The molecule has 0 radical (unpaired) electrons. The standard InChI is InChI=1S/C27H21N3O2.C2HF3O2/c28-15-17-9-11-19(12-10-17)25-22(18-5-2-1-3-6-18)14-23-26(30-25)24(16-29-27(23)32)20-7-4-8-21(31)13-20;3-2(4,5)1(6)7/h1-14,16,31H,15,28H2,(H,29,32);(H,6,7). The summed E-state index contributed by atoms with van der Waals surface area (Å²) in [5, 5.41) is 28.2. The minimum absolute atomic E-state index is 0.0846. The minimum atomic E-state index is -5.08. The van der Waals surface area contributed by atoms with Gasteiger partial charge in [0.05, 0.1) is 16.6 Å². The molecule has 7 nitrogen and oxygen atoms in total. The van der Waals surface area contributed by atoms with Crippen LogP contribution in [-0.2, 0) is 11.3 Å². The van der Waals surface area contributed by atoms with E-state index in [1.807, 2.05) is 66.7 Å². The SMILES string of the molecule is NCc1ccc(-c2nc3c(-c4cccc(O)c4)cnc(O)c3cc2-c2ccccc2)cc1.O=C(O)C(F)(F)F. The Morgan fingerprint density at radius 2 is 1.46 bits per heavy atom. The quantitative estimate of drug-likeness (QED) is 0.219. The number of alkyl halides is 3. The van der Waals surface area contributed by atoms with Crippen molar-refractivity contribution in [3.8, 4) is 45.1 Å². The fraction of sp³-hybridized carbons (Fsp3) is 0.0690. The number of aromatic nitrogens is 2. The second kappa shape index (κ2) is 11.2. The third-order valence-electron chi connectivity index (χ3n) is 5.78. The molecule has 2 heterocycles. The number of carboxylic acids is 1. The number of rotatable bonds is 4. The number of halogens is 3. The van der Waals surface area contributed by atoms with Crippen molar-refractivity contribution < 1.29 is 33.3 Å². The molecule has 3 aromatic carbocycles. The van der Waals surface area contributed by atoms with Crippen LogP contribution in [0.1, 0.15) is 5.56 Å². The van der Waals surface area contributed by atoms with Crippen molar-refractivity contribution in [2.45, 2.75) is 12.7 Å². The molecule has 0 unspecified atom stereocenters. The van der Waals surface area contributed by atoms with Gasteiger partial charge in [0.1, 0.15) is 5.75 Å². The second-order valence-corrected chi connectivity index (χ2v) is 8.40. The average Bonchev–Trinajstić information content (AvgIpc) is 2.93. The molecule has 0 fully saturated rings. The summed E-state index contributed by atoms with van der Waals surface area (Å²) < 4.78 is 31.7. The molecule has 0 amide bonds. The lowest BCUT2D eigenvalue weighted by Crippen LogP contribution is -2.21. The number of carboxylic acid groups (broad SMARTS) is 1. The number of phenolic OH excluding ortho intramolecular Hbond substituents is 1. The van der Waals surface area contributed by atoms with Gasteiger partial charge in [-0.3, -0.25) is 0 Å². The fourth-order valence-electron chi connectivity index (χ4n) is 3.89. The first-order valence-electron chi connectivity index (χ1n) is 11.6. The van der Waals surface area contributed by atoms with Crippen molar-refractivity contribution >= 4 is 16.9 Å². The number of pyridine rings is 2. The summed E-state index contributed by atoms with van der Waals surface area (Å²) in [6.07, 6.45) is -3.50. The van der Waals surface area contributed by atoms with Crippen LogP contribution in [0.25, 0.3) is 44.4 Å². The molecule has 5 N–H and O–H groups in total. The summed E-state index contributed by atoms with van der Waals surface area (Å²) in [6.45, 7) is 0.470. The Balaban J connectivity index is 0.000000448. The van der Waals surface area contributed by atoms with Crippen LogP contribution in [0.4, 0.5) is 13.2 Å². The molecule has 39 heavy (non-hydrogen) atoms. The smallest absolute Gasteiger partial charge is 0.490 e. The van der Waals surface area contributed by atoms with E-state index in [1.54, 1.807) is 24.4 Å². The number of nitrogens with zero attached hydrogens (tertiary/aromatic N) is 2. The Morgan fingerprint density at radius 3 is 2.05 bits per heavy atom. The van der Waals surface area contributed by atoms with Gasteiger partial charge in [-0.25, -0.2) is 14.8 Å². The summed E-state index contributed by atoms with van der Waals surface area (Å²) in [7, 11) is 0. The lowest BCUT2D eigenvalue weighted by molar-refractivity contribution is -0.192. The average molecular weight is 534 g/mol. The summed E-state index contributed by atoms with van der Waals surface area (Å²) >= 11 is 0. The van der Waals surface area contributed by atoms with Crippen LogP contribution in [0, 0.1) is 0 Å². The molecule has 0 aliphatic carbocycles. The number of hydrogen-bond acceptors (Lipinski definition) is 6. The predicted molar refractivity (Wildman–Crippen MR) is 141 cm³/mol. The molecular formula is C29H22F3N3O4. The number of carbonyl (C=O) groups is 1. The van der Waals surface area contributed by atoms with Gasteiger partial charge >= 0.3 is 12.1 Å². The molecule has 5 aromatic rings. The highest BCUT2D eigenvalue weighted by Crippen LogP contribution is 2.39. The lowest BCUT2D eigenvalue weighted by atomic mass is 9.95. The predicted octanol–water partition coefficient (Wildman–Crippen LogP) is 6.13. The molecule has 198 valence electrons. The minimum Gasteiger partial charge on any atom is -0.508 e. The number of phenols is 1. The highest BCUT2D eigenvalue weighted by atomic mass is 19.4. The van der Waals surface area contributed by atoms with Crippen LogP contribution in [0.15, 0.2) is 91.1 Å². The largest absolute Gasteiger partial charge is 0.508 e. The van der Waals surface area contributed by atoms with Gasteiger partial charge in [0.15, 0.2) is 0 Å². The highest BCUT2D eigenvalue weighted by molar-refractivity contribution is 6.01. The molecule has 0 bridgehead atoms. The fourth-order valence-corrected chi connectivity index (χ4v) is 3.89. The molecular weight excluding hydrogens is 511 g/mol. The number of nitrogens with two attached hydrogens (primary N) is 1. The van der Waals surface area contributed by atoms with E-state index in [0.29, 0.717) is 17.4 Å². The molecule has 0 spiro atoms. The van der Waals surface area contributed by atoms with E-state index in [9.17, 15) is 23.4 Å². The molecule has 10 heteroatoms. The van der Waals surface area contributed by atoms with E-state index in [2.05, 4.69) is 4.98 Å². The van der Waals surface area contributed by atoms with Gasteiger partial charge < -0.3 is 21.1 Å². The van der Waals surface area contributed by atoms with Gasteiger partial charge in [-0.15, -0.1) is 0 Å². The Bertz CT molecular complexity index is 1620. The van der Waals surface area contributed by atoms with Crippen LogP contribution < -0.4 is 5.73 Å². The lowest BCUT2D eigenvalue weighted by Gasteiger charge is -2.15. The van der Waals surface area contributed by atoms with E-state index in [0.717, 1.165) is 39.1 Å². The van der Waals surface area contributed by atoms with Crippen molar-refractivity contribution in [3.05, 3.63) is 96.7 Å². The van der Waals surface area contributed by atoms with Gasteiger partial charge in [-0.1, -0.05) is 66.7 Å². The van der Waals surface area contributed by atoms with E-state index < -0.39 is 12.1 Å². The molecule has 0 aliphatic heterocycles. The van der Waals surface area contributed by atoms with Crippen molar-refractivity contribution in [2.75, 3.05) is 0 Å². The number of aromatic hydroxyl groups is 2. The summed E-state index contributed by atoms with van der Waals surface area (Å²) in [4.78, 5) is 18.1. The van der Waals surface area contributed by atoms with Crippen molar-refractivity contribution in [1.29, 1.82) is 0 Å². The normalized spacial score (nSPS) is 11.1.